The smallest absolute Gasteiger partial charge is 0.264 e. The third-order valence-corrected chi connectivity index (χ3v) is 8.96. The van der Waals surface area contributed by atoms with Gasteiger partial charge in [0.15, 0.2) is 0 Å². The predicted molar refractivity (Wildman–Crippen MR) is 163 cm³/mol. The van der Waals surface area contributed by atoms with Gasteiger partial charge in [0.2, 0.25) is 11.8 Å². The van der Waals surface area contributed by atoms with Crippen molar-refractivity contribution in [2.24, 2.45) is 0 Å². The number of hydrogen-bond donors (Lipinski definition) is 1. The van der Waals surface area contributed by atoms with Crippen LogP contribution in [0.3, 0.4) is 0 Å². The summed E-state index contributed by atoms with van der Waals surface area (Å²) in [6.45, 7) is 7.00. The summed E-state index contributed by atoms with van der Waals surface area (Å²) in [5, 5.41) is 3.21. The van der Waals surface area contributed by atoms with E-state index >= 15 is 0 Å². The van der Waals surface area contributed by atoms with Gasteiger partial charge in [-0.05, 0) is 69.5 Å². The van der Waals surface area contributed by atoms with Crippen LogP contribution in [0.15, 0.2) is 77.7 Å². The number of sulfonamides is 1. The maximum Gasteiger partial charge on any atom is 0.264 e. The lowest BCUT2D eigenvalue weighted by Gasteiger charge is -2.32. The number of anilines is 1. The van der Waals surface area contributed by atoms with Gasteiger partial charge in [-0.25, -0.2) is 8.42 Å². The van der Waals surface area contributed by atoms with Crippen molar-refractivity contribution < 1.29 is 22.7 Å². The Balaban J connectivity index is 2.04. The molecule has 0 radical (unpaired) electrons. The summed E-state index contributed by atoms with van der Waals surface area (Å²) in [5.74, 6) is -0.615. The Kier molecular flexibility index (Phi) is 11.2. The Morgan fingerprint density at radius 2 is 1.66 bits per heavy atom. The van der Waals surface area contributed by atoms with E-state index in [0.29, 0.717) is 6.42 Å². The third kappa shape index (κ3) is 8.24. The van der Waals surface area contributed by atoms with E-state index in [9.17, 15) is 18.0 Å². The summed E-state index contributed by atoms with van der Waals surface area (Å²) in [7, 11) is -2.82. The number of halogens is 1. The van der Waals surface area contributed by atoms with E-state index in [1.54, 1.807) is 31.2 Å². The van der Waals surface area contributed by atoms with Gasteiger partial charge in [0, 0.05) is 17.6 Å². The summed E-state index contributed by atoms with van der Waals surface area (Å²) in [4.78, 5) is 28.6. The normalized spacial score (nSPS) is 12.7. The number of carbonyl (C=O) groups excluding carboxylic acids is 2. The maximum atomic E-state index is 14.0. The topological polar surface area (TPSA) is 96.0 Å². The van der Waals surface area contributed by atoms with Crippen LogP contribution in [0.4, 0.5) is 5.69 Å². The summed E-state index contributed by atoms with van der Waals surface area (Å²) in [6.07, 6.45) is 1.21. The molecule has 0 saturated carbocycles. The number of amides is 2. The van der Waals surface area contributed by atoms with Gasteiger partial charge in [0.1, 0.15) is 18.3 Å². The number of aryl methyl sites for hydroxylation is 1. The molecule has 0 fully saturated rings. The monoisotopic (exact) mass is 599 g/mol. The summed E-state index contributed by atoms with van der Waals surface area (Å²) < 4.78 is 34.5. The molecule has 0 spiro atoms. The predicted octanol–water partition coefficient (Wildman–Crippen LogP) is 5.23. The Bertz CT molecular complexity index is 1430. The number of rotatable bonds is 13. The zero-order chi connectivity index (χ0) is 30.2. The molecule has 0 aromatic heterocycles. The molecular weight excluding hydrogens is 562 g/mol. The van der Waals surface area contributed by atoms with Gasteiger partial charge >= 0.3 is 0 Å². The fourth-order valence-electron chi connectivity index (χ4n) is 4.24. The van der Waals surface area contributed by atoms with Crippen molar-refractivity contribution in [1.82, 2.24) is 10.2 Å². The molecule has 0 aliphatic rings. The van der Waals surface area contributed by atoms with Gasteiger partial charge < -0.3 is 15.0 Å². The first-order valence-corrected chi connectivity index (χ1v) is 15.4. The number of carbonyl (C=O) groups is 2. The maximum absolute atomic E-state index is 14.0. The first kappa shape index (κ1) is 32.0. The van der Waals surface area contributed by atoms with Crippen LogP contribution in [0.2, 0.25) is 5.02 Å². The van der Waals surface area contributed by atoms with Crippen molar-refractivity contribution in [3.63, 3.8) is 0 Å². The van der Waals surface area contributed by atoms with E-state index in [0.717, 1.165) is 21.9 Å². The molecule has 0 bridgehead atoms. The molecule has 3 aromatic carbocycles. The molecule has 0 aliphatic heterocycles. The largest absolute Gasteiger partial charge is 0.495 e. The Morgan fingerprint density at radius 1 is 1.00 bits per heavy atom. The number of nitrogens with zero attached hydrogens (tertiary/aromatic N) is 2. The number of hydrogen-bond acceptors (Lipinski definition) is 5. The standard InChI is InChI=1S/C31H38ClN3O5S/c1-6-23(3)33-31(37)24(4)34(19-18-25-10-8-7-9-11-25)30(36)21-35(28-20-26(32)14-17-29(28)40-5)41(38,39)27-15-12-22(2)13-16-27/h7-17,20,23-24H,6,18-19,21H2,1-5H3,(H,33,37)/t23-,24+/m0/s1. The highest BCUT2D eigenvalue weighted by atomic mass is 35.5. The minimum absolute atomic E-state index is 0.0105. The van der Waals surface area contributed by atoms with Crippen LogP contribution in [0.5, 0.6) is 5.75 Å². The molecule has 1 N–H and O–H groups in total. The van der Waals surface area contributed by atoms with Crippen molar-refractivity contribution in [2.75, 3.05) is 24.5 Å². The summed E-state index contributed by atoms with van der Waals surface area (Å²) in [5.41, 5.74) is 1.99. The lowest BCUT2D eigenvalue weighted by molar-refractivity contribution is -0.139. The minimum Gasteiger partial charge on any atom is -0.495 e. The minimum atomic E-state index is -4.24. The molecule has 0 heterocycles. The molecule has 10 heteroatoms. The van der Waals surface area contributed by atoms with Crippen molar-refractivity contribution >= 4 is 39.1 Å². The second kappa shape index (κ2) is 14.4. The Morgan fingerprint density at radius 3 is 2.27 bits per heavy atom. The molecule has 8 nitrogen and oxygen atoms in total. The average Bonchev–Trinajstić information content (AvgIpc) is 2.96. The highest BCUT2D eigenvalue weighted by Gasteiger charge is 2.34. The second-order valence-electron chi connectivity index (χ2n) is 9.96. The van der Waals surface area contributed by atoms with Crippen molar-refractivity contribution in [3.8, 4) is 5.75 Å². The molecule has 0 saturated heterocycles. The fraction of sp³-hybridized carbons (Fsp3) is 0.355. The van der Waals surface area contributed by atoms with Crippen LogP contribution in [0, 0.1) is 6.92 Å². The Labute approximate surface area is 248 Å². The van der Waals surface area contributed by atoms with Crippen molar-refractivity contribution in [1.29, 1.82) is 0 Å². The van der Waals surface area contributed by atoms with Gasteiger partial charge in [0.25, 0.3) is 10.0 Å². The Hall–Kier alpha value is -3.56. The highest BCUT2D eigenvalue weighted by molar-refractivity contribution is 7.92. The van der Waals surface area contributed by atoms with Crippen LogP contribution in [0.25, 0.3) is 0 Å². The van der Waals surface area contributed by atoms with E-state index in [2.05, 4.69) is 5.32 Å². The van der Waals surface area contributed by atoms with Gasteiger partial charge in [-0.3, -0.25) is 13.9 Å². The lowest BCUT2D eigenvalue weighted by Crippen LogP contribution is -2.53. The van der Waals surface area contributed by atoms with Crippen LogP contribution in [-0.4, -0.2) is 57.4 Å². The average molecular weight is 600 g/mol. The zero-order valence-corrected chi connectivity index (χ0v) is 25.7. The van der Waals surface area contributed by atoms with Crippen LogP contribution in [0.1, 0.15) is 38.3 Å². The molecule has 220 valence electrons. The van der Waals surface area contributed by atoms with E-state index < -0.39 is 28.5 Å². The van der Waals surface area contributed by atoms with E-state index in [1.165, 1.54) is 30.2 Å². The quantitative estimate of drug-likeness (QED) is 0.290. The first-order valence-electron chi connectivity index (χ1n) is 13.5. The number of benzene rings is 3. The molecule has 2 amide bonds. The molecule has 0 unspecified atom stereocenters. The summed E-state index contributed by atoms with van der Waals surface area (Å²) >= 11 is 6.28. The van der Waals surface area contributed by atoms with E-state index in [4.69, 9.17) is 16.3 Å². The van der Waals surface area contributed by atoms with Gasteiger partial charge in [-0.15, -0.1) is 0 Å². The molecule has 3 aromatic rings. The van der Waals surface area contributed by atoms with Crippen molar-refractivity contribution in [2.45, 2.75) is 57.5 Å². The van der Waals surface area contributed by atoms with Crippen LogP contribution in [-0.2, 0) is 26.0 Å². The van der Waals surface area contributed by atoms with Gasteiger partial charge in [-0.1, -0.05) is 66.6 Å². The molecule has 41 heavy (non-hydrogen) atoms. The van der Waals surface area contributed by atoms with E-state index in [1.807, 2.05) is 51.1 Å². The summed E-state index contributed by atoms with van der Waals surface area (Å²) in [6, 6.07) is 19.6. The van der Waals surface area contributed by atoms with Crippen molar-refractivity contribution in [3.05, 3.63) is 88.9 Å². The number of ether oxygens (including phenoxy) is 1. The number of nitrogens with one attached hydrogen (secondary N) is 1. The molecular formula is C31H38ClN3O5S. The van der Waals surface area contributed by atoms with Crippen LogP contribution >= 0.6 is 11.6 Å². The van der Waals surface area contributed by atoms with E-state index in [-0.39, 0.29) is 39.8 Å². The van der Waals surface area contributed by atoms with Crippen LogP contribution < -0.4 is 14.4 Å². The van der Waals surface area contributed by atoms with Gasteiger partial charge in [-0.2, -0.15) is 0 Å². The van der Waals surface area contributed by atoms with Gasteiger partial charge in [0.05, 0.1) is 17.7 Å². The molecule has 0 aliphatic carbocycles. The first-order chi connectivity index (χ1) is 19.5. The fourth-order valence-corrected chi connectivity index (χ4v) is 5.83. The molecule has 3 rings (SSSR count). The number of methoxy groups -OCH3 is 1. The second-order valence-corrected chi connectivity index (χ2v) is 12.3. The third-order valence-electron chi connectivity index (χ3n) is 6.95. The molecule has 2 atom stereocenters. The SMILES string of the molecule is CC[C@H](C)NC(=O)[C@@H](C)N(CCc1ccccc1)C(=O)CN(c1cc(Cl)ccc1OC)S(=O)(=O)c1ccc(C)cc1. The lowest BCUT2D eigenvalue weighted by atomic mass is 10.1. The zero-order valence-electron chi connectivity index (χ0n) is 24.1. The highest BCUT2D eigenvalue weighted by Crippen LogP contribution is 2.35.